The molecule has 0 radical (unpaired) electrons. The third kappa shape index (κ3) is 4.72. The molecule has 0 bridgehead atoms. The maximum absolute atomic E-state index is 14.1. The lowest BCUT2D eigenvalue weighted by Crippen LogP contribution is -2.51. The van der Waals surface area contributed by atoms with Gasteiger partial charge in [-0.25, -0.2) is 18.7 Å². The van der Waals surface area contributed by atoms with Gasteiger partial charge in [0.1, 0.15) is 11.9 Å². The minimum absolute atomic E-state index is 0.0390. The molecule has 1 amide bonds. The lowest BCUT2D eigenvalue weighted by molar-refractivity contribution is -0.00849. The van der Waals surface area contributed by atoms with E-state index in [1.807, 2.05) is 32.0 Å². The molecule has 3 atom stereocenters. The van der Waals surface area contributed by atoms with Crippen LogP contribution in [-0.2, 0) is 0 Å². The number of ether oxygens (including phenoxy) is 1. The third-order valence-corrected chi connectivity index (χ3v) is 6.38. The van der Waals surface area contributed by atoms with E-state index in [9.17, 15) is 13.6 Å². The summed E-state index contributed by atoms with van der Waals surface area (Å²) < 4.78 is 33.2. The van der Waals surface area contributed by atoms with Crippen LogP contribution in [0.15, 0.2) is 54.9 Å². The van der Waals surface area contributed by atoms with E-state index in [1.54, 1.807) is 30.4 Å². The Kier molecular flexibility index (Phi) is 6.67. The molecular weight excluding hydrogens is 424 g/mol. The highest BCUT2D eigenvalue weighted by Gasteiger charge is 2.41. The van der Waals surface area contributed by atoms with Crippen molar-refractivity contribution in [2.45, 2.75) is 45.3 Å². The Bertz CT molecular complexity index is 1140. The van der Waals surface area contributed by atoms with Crippen molar-refractivity contribution in [3.63, 3.8) is 0 Å². The second kappa shape index (κ2) is 9.65. The second-order valence-corrected chi connectivity index (χ2v) is 8.49. The molecule has 0 N–H and O–H groups in total. The first kappa shape index (κ1) is 22.8. The molecule has 1 heterocycles. The molecule has 3 aromatic rings. The van der Waals surface area contributed by atoms with Crippen molar-refractivity contribution in [2.75, 3.05) is 7.05 Å². The molecule has 1 aliphatic rings. The van der Waals surface area contributed by atoms with Crippen molar-refractivity contribution < 1.29 is 18.3 Å². The van der Waals surface area contributed by atoms with E-state index in [0.29, 0.717) is 17.0 Å². The van der Waals surface area contributed by atoms with Gasteiger partial charge in [0.2, 0.25) is 0 Å². The minimum Gasteiger partial charge on any atom is -0.487 e. The number of carbonyl (C=O) groups is 1. The van der Waals surface area contributed by atoms with Crippen LogP contribution in [0.3, 0.4) is 0 Å². The summed E-state index contributed by atoms with van der Waals surface area (Å²) in [5.74, 6) is -0.888. The summed E-state index contributed by atoms with van der Waals surface area (Å²) >= 11 is 0. The molecule has 1 aliphatic carbocycles. The van der Waals surface area contributed by atoms with Gasteiger partial charge in [0.05, 0.1) is 5.56 Å². The number of halogens is 2. The number of benzene rings is 2. The number of amides is 1. The van der Waals surface area contributed by atoms with Gasteiger partial charge in [-0.1, -0.05) is 24.6 Å². The number of aromatic nitrogens is 2. The first-order chi connectivity index (χ1) is 15.9. The summed E-state index contributed by atoms with van der Waals surface area (Å²) in [5.41, 5.74) is 2.20. The maximum Gasteiger partial charge on any atom is 0.254 e. The molecule has 0 spiro atoms. The molecule has 1 saturated carbocycles. The average Bonchev–Trinajstić information content (AvgIpc) is 2.80. The highest BCUT2D eigenvalue weighted by molar-refractivity contribution is 6.00. The lowest BCUT2D eigenvalue weighted by atomic mass is 9.75. The monoisotopic (exact) mass is 451 g/mol. The number of hydrogen-bond acceptors (Lipinski definition) is 4. The zero-order chi connectivity index (χ0) is 23.5. The van der Waals surface area contributed by atoms with Crippen molar-refractivity contribution >= 4 is 5.91 Å². The number of carbonyl (C=O) groups excluding carboxylic acids is 1. The van der Waals surface area contributed by atoms with E-state index in [4.69, 9.17) is 4.74 Å². The van der Waals surface area contributed by atoms with Crippen molar-refractivity contribution in [3.05, 3.63) is 77.6 Å². The van der Waals surface area contributed by atoms with E-state index >= 15 is 0 Å². The van der Waals surface area contributed by atoms with Crippen LogP contribution >= 0.6 is 0 Å². The zero-order valence-corrected chi connectivity index (χ0v) is 19.0. The Morgan fingerprint density at radius 2 is 1.91 bits per heavy atom. The van der Waals surface area contributed by atoms with Crippen LogP contribution in [0.1, 0.15) is 42.1 Å². The second-order valence-electron chi connectivity index (χ2n) is 8.49. The fourth-order valence-corrected chi connectivity index (χ4v) is 4.49. The summed E-state index contributed by atoms with van der Waals surface area (Å²) in [6, 6.07) is 10.6. The van der Waals surface area contributed by atoms with Gasteiger partial charge in [-0.2, -0.15) is 0 Å². The Balaban J connectivity index is 1.56. The van der Waals surface area contributed by atoms with Gasteiger partial charge < -0.3 is 9.64 Å². The van der Waals surface area contributed by atoms with Crippen LogP contribution in [0.25, 0.3) is 11.4 Å². The molecule has 0 aliphatic heterocycles. The lowest BCUT2D eigenvalue weighted by Gasteiger charge is -2.44. The van der Waals surface area contributed by atoms with Crippen LogP contribution < -0.4 is 4.74 Å². The van der Waals surface area contributed by atoms with E-state index < -0.39 is 11.6 Å². The molecule has 172 valence electrons. The van der Waals surface area contributed by atoms with Crippen LogP contribution in [0.4, 0.5) is 8.78 Å². The summed E-state index contributed by atoms with van der Waals surface area (Å²) in [4.78, 5) is 24.0. The van der Waals surface area contributed by atoms with Crippen LogP contribution in [0.2, 0.25) is 0 Å². The van der Waals surface area contributed by atoms with E-state index in [2.05, 4.69) is 9.97 Å². The highest BCUT2D eigenvalue weighted by Crippen LogP contribution is 2.38. The number of aryl methyl sites for hydroxylation is 1. The van der Waals surface area contributed by atoms with Gasteiger partial charge in [0.25, 0.3) is 5.91 Å². The molecular formula is C26H27F2N3O2. The molecule has 5 nitrogen and oxygen atoms in total. The Labute approximate surface area is 192 Å². The Morgan fingerprint density at radius 3 is 2.55 bits per heavy atom. The number of rotatable bonds is 7. The fraction of sp³-hybridized carbons (Fsp3) is 0.346. The standard InChI is InChI=1S/C26H27F2N3O2/c1-4-22(19-9-11-23(19)33-24-10-7-17(27)15-21(24)28)31(3)26(32)20-14-16(2)6-8-18(20)25-29-12-5-13-30-25/h5-8,10,12-15,19,22-23H,4,9,11H2,1-3H3/t19-,22?,23?/m0/s1. The molecule has 4 rings (SSSR count). The highest BCUT2D eigenvalue weighted by atomic mass is 19.1. The summed E-state index contributed by atoms with van der Waals surface area (Å²) in [6.45, 7) is 3.97. The Hall–Kier alpha value is -3.35. The molecule has 2 aromatic carbocycles. The van der Waals surface area contributed by atoms with Crippen LogP contribution in [0, 0.1) is 24.5 Å². The van der Waals surface area contributed by atoms with E-state index in [1.165, 1.54) is 12.1 Å². The van der Waals surface area contributed by atoms with E-state index in [-0.39, 0.29) is 29.7 Å². The van der Waals surface area contributed by atoms with Gasteiger partial charge >= 0.3 is 0 Å². The van der Waals surface area contributed by atoms with Crippen LogP contribution in [0.5, 0.6) is 5.75 Å². The first-order valence-corrected chi connectivity index (χ1v) is 11.2. The largest absolute Gasteiger partial charge is 0.487 e. The number of hydrogen-bond donors (Lipinski definition) is 0. The first-order valence-electron chi connectivity index (χ1n) is 11.2. The summed E-state index contributed by atoms with van der Waals surface area (Å²) in [5, 5.41) is 0. The molecule has 1 fully saturated rings. The topological polar surface area (TPSA) is 55.3 Å². The third-order valence-electron chi connectivity index (χ3n) is 6.38. The summed E-state index contributed by atoms with van der Waals surface area (Å²) in [6.07, 6.45) is 5.42. The molecule has 2 unspecified atom stereocenters. The van der Waals surface area contributed by atoms with Gasteiger partial charge in [-0.15, -0.1) is 0 Å². The normalized spacial score (nSPS) is 18.3. The van der Waals surface area contributed by atoms with Gasteiger partial charge in [0.15, 0.2) is 17.4 Å². The molecule has 33 heavy (non-hydrogen) atoms. The minimum atomic E-state index is -0.717. The Morgan fingerprint density at radius 1 is 1.15 bits per heavy atom. The fourth-order valence-electron chi connectivity index (χ4n) is 4.49. The van der Waals surface area contributed by atoms with Crippen molar-refractivity contribution in [1.82, 2.24) is 14.9 Å². The molecule has 1 aromatic heterocycles. The summed E-state index contributed by atoms with van der Waals surface area (Å²) in [7, 11) is 1.79. The molecule has 0 saturated heterocycles. The number of nitrogens with zero attached hydrogens (tertiary/aromatic N) is 3. The SMILES string of the molecule is CCC([C@@H]1CCC1Oc1ccc(F)cc1F)N(C)C(=O)c1cc(C)ccc1-c1ncccn1. The maximum atomic E-state index is 14.1. The van der Waals surface area contributed by atoms with Gasteiger partial charge in [0, 0.05) is 43.0 Å². The van der Waals surface area contributed by atoms with Crippen molar-refractivity contribution in [2.24, 2.45) is 5.92 Å². The van der Waals surface area contributed by atoms with E-state index in [0.717, 1.165) is 30.9 Å². The van der Waals surface area contributed by atoms with Gasteiger partial charge in [-0.3, -0.25) is 4.79 Å². The van der Waals surface area contributed by atoms with Crippen LogP contribution in [-0.4, -0.2) is 40.0 Å². The molecule has 7 heteroatoms. The van der Waals surface area contributed by atoms with Crippen molar-refractivity contribution in [3.8, 4) is 17.1 Å². The predicted molar refractivity (Wildman–Crippen MR) is 122 cm³/mol. The predicted octanol–water partition coefficient (Wildman–Crippen LogP) is 5.44. The average molecular weight is 452 g/mol. The van der Waals surface area contributed by atoms with Crippen molar-refractivity contribution in [1.29, 1.82) is 0 Å². The smallest absolute Gasteiger partial charge is 0.254 e. The zero-order valence-electron chi connectivity index (χ0n) is 19.0. The van der Waals surface area contributed by atoms with Gasteiger partial charge in [-0.05, 0) is 50.5 Å². The quantitative estimate of drug-likeness (QED) is 0.480.